The molecule has 112 valence electrons. The zero-order valence-electron chi connectivity index (χ0n) is 11.9. The summed E-state index contributed by atoms with van der Waals surface area (Å²) >= 11 is 3.42. The number of nitrogens with one attached hydrogen (secondary N) is 1. The zero-order valence-corrected chi connectivity index (χ0v) is 14.4. The molecule has 0 aliphatic heterocycles. The highest BCUT2D eigenvalue weighted by molar-refractivity contribution is 9.10. The Bertz CT molecular complexity index is 498. The minimum Gasteiger partial charge on any atom is -0.292 e. The molecule has 1 aromatic carbocycles. The predicted molar refractivity (Wildman–Crippen MR) is 84.9 cm³/mol. The van der Waals surface area contributed by atoms with Gasteiger partial charge >= 0.3 is 7.75 Å². The smallest absolute Gasteiger partial charge is 0.292 e. The predicted octanol–water partition coefficient (Wildman–Crippen LogP) is 4.14. The van der Waals surface area contributed by atoms with Crippen molar-refractivity contribution in [2.75, 3.05) is 13.2 Å². The summed E-state index contributed by atoms with van der Waals surface area (Å²) in [6, 6.07) is 7.95. The Morgan fingerprint density at radius 3 is 2.55 bits per heavy atom. The van der Waals surface area contributed by atoms with E-state index in [9.17, 15) is 4.57 Å². The quantitative estimate of drug-likeness (QED) is 0.429. The summed E-state index contributed by atoms with van der Waals surface area (Å²) in [5, 5.41) is 6.62. The average molecular weight is 363 g/mol. The topological polar surface area (TPSA) is 59.9 Å². The molecule has 0 aliphatic carbocycles. The molecule has 1 rings (SSSR count). The number of hydrazone groups is 1. The Morgan fingerprint density at radius 1 is 1.35 bits per heavy atom. The number of halogens is 1. The molecule has 0 atom stereocenters. The molecule has 0 aliphatic rings. The van der Waals surface area contributed by atoms with Crippen LogP contribution in [0.1, 0.15) is 26.3 Å². The summed E-state index contributed by atoms with van der Waals surface area (Å²) in [6.07, 6.45) is 0.657. The first-order valence-corrected chi connectivity index (χ1v) is 8.76. The minimum absolute atomic E-state index is 0.296. The van der Waals surface area contributed by atoms with Gasteiger partial charge in [0.2, 0.25) is 0 Å². The minimum atomic E-state index is -3.33. The van der Waals surface area contributed by atoms with Gasteiger partial charge in [-0.3, -0.25) is 9.05 Å². The van der Waals surface area contributed by atoms with Gasteiger partial charge in [0.05, 0.1) is 13.2 Å². The summed E-state index contributed by atoms with van der Waals surface area (Å²) in [5.41, 5.74) is 1.91. The molecule has 0 radical (unpaired) electrons. The van der Waals surface area contributed by atoms with Gasteiger partial charge in [-0.05, 0) is 38.5 Å². The number of hydrogen-bond acceptors (Lipinski definition) is 4. The molecule has 0 fully saturated rings. The van der Waals surface area contributed by atoms with Gasteiger partial charge < -0.3 is 0 Å². The van der Waals surface area contributed by atoms with Crippen molar-refractivity contribution in [3.63, 3.8) is 0 Å². The van der Waals surface area contributed by atoms with Crippen molar-refractivity contribution in [3.05, 3.63) is 34.3 Å². The van der Waals surface area contributed by atoms with Crippen LogP contribution in [0.5, 0.6) is 0 Å². The second-order valence-electron chi connectivity index (χ2n) is 4.09. The standard InChI is InChI=1S/C13H20BrN2O3P/c1-4-18-20(17,19-5-2)16-15-11(3)9-12-7-6-8-13(14)10-12/h6-8,10H,4-5,9H2,1-3H3,(H,16,17)/b15-11-. The molecule has 20 heavy (non-hydrogen) atoms. The molecule has 7 heteroatoms. The van der Waals surface area contributed by atoms with E-state index in [1.807, 2.05) is 31.2 Å². The molecule has 0 aromatic heterocycles. The highest BCUT2D eigenvalue weighted by atomic mass is 79.9. The maximum Gasteiger partial charge on any atom is 0.448 e. The molecule has 0 amide bonds. The average Bonchev–Trinajstić information content (AvgIpc) is 2.37. The largest absolute Gasteiger partial charge is 0.448 e. The van der Waals surface area contributed by atoms with Gasteiger partial charge in [-0.1, -0.05) is 28.1 Å². The second-order valence-corrected chi connectivity index (χ2v) is 6.71. The van der Waals surface area contributed by atoms with Crippen molar-refractivity contribution >= 4 is 29.4 Å². The van der Waals surface area contributed by atoms with Crippen LogP contribution in [0.15, 0.2) is 33.8 Å². The van der Waals surface area contributed by atoms with Crippen molar-refractivity contribution in [2.24, 2.45) is 5.10 Å². The van der Waals surface area contributed by atoms with E-state index in [1.54, 1.807) is 13.8 Å². The van der Waals surface area contributed by atoms with E-state index in [0.29, 0.717) is 19.6 Å². The Balaban J connectivity index is 2.66. The third-order valence-corrected chi connectivity index (χ3v) is 4.34. The van der Waals surface area contributed by atoms with E-state index in [-0.39, 0.29) is 0 Å². The maximum atomic E-state index is 12.2. The Hall–Kier alpha value is -0.680. The molecular weight excluding hydrogens is 343 g/mol. The highest BCUT2D eigenvalue weighted by Crippen LogP contribution is 2.43. The molecule has 1 N–H and O–H groups in total. The highest BCUT2D eigenvalue weighted by Gasteiger charge is 2.22. The van der Waals surface area contributed by atoms with Crippen LogP contribution in [0, 0.1) is 0 Å². The maximum absolute atomic E-state index is 12.2. The number of hydrogen-bond donors (Lipinski definition) is 1. The lowest BCUT2D eigenvalue weighted by Gasteiger charge is -2.15. The first-order valence-electron chi connectivity index (χ1n) is 6.43. The van der Waals surface area contributed by atoms with Crippen LogP contribution in [0.25, 0.3) is 0 Å². The molecule has 0 spiro atoms. The van der Waals surface area contributed by atoms with Crippen LogP contribution in [0.3, 0.4) is 0 Å². The van der Waals surface area contributed by atoms with Crippen LogP contribution in [0.2, 0.25) is 0 Å². The lowest BCUT2D eigenvalue weighted by atomic mass is 10.1. The van der Waals surface area contributed by atoms with Crippen LogP contribution in [0.4, 0.5) is 0 Å². The molecule has 0 saturated carbocycles. The lowest BCUT2D eigenvalue weighted by molar-refractivity contribution is 0.211. The van der Waals surface area contributed by atoms with Gasteiger partial charge in [-0.15, -0.1) is 0 Å². The van der Waals surface area contributed by atoms with E-state index in [4.69, 9.17) is 9.05 Å². The monoisotopic (exact) mass is 362 g/mol. The van der Waals surface area contributed by atoms with Crippen molar-refractivity contribution in [1.29, 1.82) is 0 Å². The van der Waals surface area contributed by atoms with E-state index in [1.165, 1.54) is 0 Å². The fourth-order valence-corrected chi connectivity index (χ4v) is 3.17. The third-order valence-electron chi connectivity index (χ3n) is 2.31. The van der Waals surface area contributed by atoms with E-state index in [0.717, 1.165) is 15.7 Å². The lowest BCUT2D eigenvalue weighted by Crippen LogP contribution is -2.12. The van der Waals surface area contributed by atoms with Crippen LogP contribution in [-0.4, -0.2) is 18.9 Å². The summed E-state index contributed by atoms with van der Waals surface area (Å²) < 4.78 is 23.4. The molecule has 0 heterocycles. The van der Waals surface area contributed by atoms with Crippen molar-refractivity contribution in [2.45, 2.75) is 27.2 Å². The fraction of sp³-hybridized carbons (Fsp3) is 0.462. The molecule has 0 unspecified atom stereocenters. The molecule has 5 nitrogen and oxygen atoms in total. The van der Waals surface area contributed by atoms with Crippen molar-refractivity contribution in [1.82, 2.24) is 5.20 Å². The van der Waals surface area contributed by atoms with Gasteiger partial charge in [0.25, 0.3) is 0 Å². The van der Waals surface area contributed by atoms with Crippen LogP contribution >= 0.6 is 23.7 Å². The summed E-state index contributed by atoms with van der Waals surface area (Å²) in [6.45, 7) is 5.96. The Labute approximate surface area is 128 Å². The van der Waals surface area contributed by atoms with Crippen LogP contribution < -0.4 is 5.20 Å². The van der Waals surface area contributed by atoms with Gasteiger partial charge in [0, 0.05) is 16.6 Å². The van der Waals surface area contributed by atoms with Gasteiger partial charge in [0.15, 0.2) is 0 Å². The third kappa shape index (κ3) is 6.18. The number of benzene rings is 1. The normalized spacial score (nSPS) is 12.5. The first kappa shape index (κ1) is 17.4. The number of rotatable bonds is 8. The second kappa shape index (κ2) is 8.57. The van der Waals surface area contributed by atoms with Gasteiger partial charge in [0.1, 0.15) is 0 Å². The van der Waals surface area contributed by atoms with Gasteiger partial charge in [-0.25, -0.2) is 9.76 Å². The molecule has 0 bridgehead atoms. The van der Waals surface area contributed by atoms with E-state index in [2.05, 4.69) is 26.2 Å². The van der Waals surface area contributed by atoms with E-state index >= 15 is 0 Å². The first-order chi connectivity index (χ1) is 9.49. The Morgan fingerprint density at radius 2 is 2.00 bits per heavy atom. The van der Waals surface area contributed by atoms with Crippen LogP contribution in [-0.2, 0) is 20.0 Å². The van der Waals surface area contributed by atoms with Crippen molar-refractivity contribution in [3.8, 4) is 0 Å². The number of nitrogens with zero attached hydrogens (tertiary/aromatic N) is 1. The van der Waals surface area contributed by atoms with Gasteiger partial charge in [-0.2, -0.15) is 5.10 Å². The zero-order chi connectivity index (χ0) is 15.0. The fourth-order valence-electron chi connectivity index (χ4n) is 1.56. The summed E-state index contributed by atoms with van der Waals surface area (Å²) in [4.78, 5) is 0. The summed E-state index contributed by atoms with van der Waals surface area (Å²) in [5.74, 6) is 0. The van der Waals surface area contributed by atoms with E-state index < -0.39 is 7.75 Å². The Kier molecular flexibility index (Phi) is 7.45. The molecule has 1 aromatic rings. The van der Waals surface area contributed by atoms with Crippen molar-refractivity contribution < 1.29 is 13.6 Å². The molecular formula is C13H20BrN2O3P. The SMILES string of the molecule is CCOP(=O)(N/N=C(/C)Cc1cccc(Br)c1)OCC. The molecule has 0 saturated heterocycles. The summed E-state index contributed by atoms with van der Waals surface area (Å²) in [7, 11) is -3.33.